The lowest BCUT2D eigenvalue weighted by Gasteiger charge is -2.27. The summed E-state index contributed by atoms with van der Waals surface area (Å²) in [5.41, 5.74) is 1.62. The van der Waals surface area contributed by atoms with Crippen LogP contribution in [0, 0.1) is 0 Å². The van der Waals surface area contributed by atoms with E-state index in [9.17, 15) is 5.11 Å². The molecule has 1 saturated carbocycles. The summed E-state index contributed by atoms with van der Waals surface area (Å²) in [5, 5.41) is 10.3. The first kappa shape index (κ1) is 12.6. The van der Waals surface area contributed by atoms with E-state index >= 15 is 0 Å². The van der Waals surface area contributed by atoms with E-state index in [-0.39, 0.29) is 0 Å². The van der Waals surface area contributed by atoms with Crippen LogP contribution in [0.3, 0.4) is 0 Å². The first-order valence-electron chi connectivity index (χ1n) is 6.45. The summed E-state index contributed by atoms with van der Waals surface area (Å²) in [6.45, 7) is 2.43. The Kier molecular flexibility index (Phi) is 3.85. The highest BCUT2D eigenvalue weighted by molar-refractivity contribution is 5.29. The fourth-order valence-electron chi connectivity index (χ4n) is 2.30. The van der Waals surface area contributed by atoms with E-state index in [0.717, 1.165) is 11.5 Å². The van der Waals surface area contributed by atoms with Gasteiger partial charge in [-0.25, -0.2) is 0 Å². The van der Waals surface area contributed by atoms with Gasteiger partial charge in [0.25, 0.3) is 0 Å². The minimum atomic E-state index is -0.784. The van der Waals surface area contributed by atoms with Crippen molar-refractivity contribution in [1.29, 1.82) is 0 Å². The van der Waals surface area contributed by atoms with Crippen molar-refractivity contribution < 1.29 is 9.84 Å². The second-order valence-corrected chi connectivity index (χ2v) is 5.27. The highest BCUT2D eigenvalue weighted by atomic mass is 16.5. The van der Waals surface area contributed by atoms with Crippen molar-refractivity contribution in [3.63, 3.8) is 0 Å². The Balaban J connectivity index is 2.05. The predicted octanol–water partition coefficient (Wildman–Crippen LogP) is 3.20. The highest BCUT2D eigenvalue weighted by Gasteiger charge is 2.24. The van der Waals surface area contributed by atoms with Gasteiger partial charge in [0.05, 0.1) is 5.60 Å². The van der Waals surface area contributed by atoms with E-state index in [4.69, 9.17) is 4.74 Å². The average Bonchev–Trinajstić information content (AvgIpc) is 2.25. The summed E-state index contributed by atoms with van der Waals surface area (Å²) < 4.78 is 5.03. The van der Waals surface area contributed by atoms with Gasteiger partial charge in [-0.15, -0.1) is 0 Å². The van der Waals surface area contributed by atoms with Crippen LogP contribution < -0.4 is 0 Å². The predicted molar refractivity (Wildman–Crippen MR) is 69.1 cm³/mol. The normalized spacial score (nSPS) is 19.7. The largest absolute Gasteiger partial charge is 0.385 e. The van der Waals surface area contributed by atoms with Crippen LogP contribution in [0.25, 0.3) is 0 Å². The number of hydrogen-bond donors (Lipinski definition) is 1. The minimum absolute atomic E-state index is 0.581. The number of benzene rings is 1. The molecule has 94 valence electrons. The van der Waals surface area contributed by atoms with Crippen molar-refractivity contribution in [2.24, 2.45) is 0 Å². The molecule has 1 unspecified atom stereocenters. The van der Waals surface area contributed by atoms with Gasteiger partial charge < -0.3 is 9.84 Å². The summed E-state index contributed by atoms with van der Waals surface area (Å²) in [7, 11) is 1.66. The molecule has 1 fully saturated rings. The lowest BCUT2D eigenvalue weighted by atomic mass is 9.79. The zero-order valence-corrected chi connectivity index (χ0v) is 10.8. The van der Waals surface area contributed by atoms with E-state index in [0.29, 0.717) is 13.0 Å². The second-order valence-electron chi connectivity index (χ2n) is 5.27. The molecule has 1 aromatic rings. The van der Waals surface area contributed by atoms with Crippen molar-refractivity contribution in [3.8, 4) is 0 Å². The monoisotopic (exact) mass is 234 g/mol. The minimum Gasteiger partial charge on any atom is -0.385 e. The van der Waals surface area contributed by atoms with Crippen LogP contribution in [0.1, 0.15) is 49.7 Å². The van der Waals surface area contributed by atoms with Gasteiger partial charge in [0.1, 0.15) is 0 Å². The highest BCUT2D eigenvalue weighted by Crippen LogP contribution is 2.37. The standard InChI is InChI=1S/C15H22O2/c1-15(16,10-11-17-2)14-8-6-13(7-9-14)12-4-3-5-12/h6-9,12,16H,3-5,10-11H2,1-2H3. The Bertz CT molecular complexity index is 350. The molecule has 17 heavy (non-hydrogen) atoms. The third-order valence-corrected chi connectivity index (χ3v) is 3.90. The maximum absolute atomic E-state index is 10.3. The number of methoxy groups -OCH3 is 1. The third kappa shape index (κ3) is 2.88. The van der Waals surface area contributed by atoms with Crippen LogP contribution in [0.5, 0.6) is 0 Å². The molecule has 2 rings (SSSR count). The van der Waals surface area contributed by atoms with Crippen LogP contribution in [0.15, 0.2) is 24.3 Å². The van der Waals surface area contributed by atoms with Crippen LogP contribution in [0.2, 0.25) is 0 Å². The molecule has 1 aromatic carbocycles. The van der Waals surface area contributed by atoms with E-state index < -0.39 is 5.60 Å². The van der Waals surface area contributed by atoms with Gasteiger partial charge in [-0.05, 0) is 36.8 Å². The quantitative estimate of drug-likeness (QED) is 0.847. The summed E-state index contributed by atoms with van der Waals surface area (Å²) in [6, 6.07) is 8.45. The summed E-state index contributed by atoms with van der Waals surface area (Å²) in [4.78, 5) is 0. The molecule has 0 spiro atoms. The van der Waals surface area contributed by atoms with Crippen molar-refractivity contribution >= 4 is 0 Å². The summed E-state index contributed by atoms with van der Waals surface area (Å²) in [6.07, 6.45) is 4.63. The molecule has 1 N–H and O–H groups in total. The number of aliphatic hydroxyl groups is 1. The van der Waals surface area contributed by atoms with Gasteiger partial charge in [-0.3, -0.25) is 0 Å². The molecule has 0 radical (unpaired) electrons. The molecular weight excluding hydrogens is 212 g/mol. The van der Waals surface area contributed by atoms with Crippen LogP contribution in [-0.2, 0) is 10.3 Å². The molecule has 0 heterocycles. The van der Waals surface area contributed by atoms with Crippen LogP contribution in [0.4, 0.5) is 0 Å². The van der Waals surface area contributed by atoms with Crippen LogP contribution >= 0.6 is 0 Å². The van der Waals surface area contributed by atoms with Gasteiger partial charge in [0.2, 0.25) is 0 Å². The van der Waals surface area contributed by atoms with Crippen molar-refractivity contribution in [2.45, 2.75) is 44.1 Å². The van der Waals surface area contributed by atoms with Crippen molar-refractivity contribution in [3.05, 3.63) is 35.4 Å². The lowest BCUT2D eigenvalue weighted by molar-refractivity contribution is 0.0210. The Morgan fingerprint density at radius 2 is 1.94 bits per heavy atom. The third-order valence-electron chi connectivity index (χ3n) is 3.90. The molecule has 1 aliphatic rings. The molecular formula is C15H22O2. The van der Waals surface area contributed by atoms with Gasteiger partial charge in [-0.1, -0.05) is 30.7 Å². The van der Waals surface area contributed by atoms with E-state index in [1.165, 1.54) is 24.8 Å². The topological polar surface area (TPSA) is 29.5 Å². The molecule has 1 aliphatic carbocycles. The fourth-order valence-corrected chi connectivity index (χ4v) is 2.30. The summed E-state index contributed by atoms with van der Waals surface area (Å²) >= 11 is 0. The number of hydrogen-bond acceptors (Lipinski definition) is 2. The SMILES string of the molecule is COCCC(C)(O)c1ccc(C2CCC2)cc1. The maximum atomic E-state index is 10.3. The first-order valence-corrected chi connectivity index (χ1v) is 6.45. The molecule has 2 heteroatoms. The summed E-state index contributed by atoms with van der Waals surface area (Å²) in [5.74, 6) is 0.757. The number of ether oxygens (including phenoxy) is 1. The van der Waals surface area contributed by atoms with Gasteiger partial charge >= 0.3 is 0 Å². The van der Waals surface area contributed by atoms with Gasteiger partial charge in [0, 0.05) is 20.1 Å². The van der Waals surface area contributed by atoms with E-state index in [1.807, 2.05) is 6.92 Å². The first-order chi connectivity index (χ1) is 8.13. The molecule has 0 aromatic heterocycles. The molecule has 0 saturated heterocycles. The Hall–Kier alpha value is -0.860. The smallest absolute Gasteiger partial charge is 0.0890 e. The molecule has 0 amide bonds. The molecule has 0 aliphatic heterocycles. The second kappa shape index (κ2) is 5.19. The van der Waals surface area contributed by atoms with E-state index in [1.54, 1.807) is 7.11 Å². The Morgan fingerprint density at radius 1 is 1.29 bits per heavy atom. The zero-order valence-electron chi connectivity index (χ0n) is 10.8. The van der Waals surface area contributed by atoms with Crippen molar-refractivity contribution in [2.75, 3.05) is 13.7 Å². The van der Waals surface area contributed by atoms with Crippen molar-refractivity contribution in [1.82, 2.24) is 0 Å². The van der Waals surface area contributed by atoms with Gasteiger partial charge in [0.15, 0.2) is 0 Å². The average molecular weight is 234 g/mol. The van der Waals surface area contributed by atoms with E-state index in [2.05, 4.69) is 24.3 Å². The van der Waals surface area contributed by atoms with Gasteiger partial charge in [-0.2, -0.15) is 0 Å². The maximum Gasteiger partial charge on any atom is 0.0890 e. The Morgan fingerprint density at radius 3 is 2.41 bits per heavy atom. The fraction of sp³-hybridized carbons (Fsp3) is 0.600. The number of rotatable bonds is 5. The molecule has 0 bridgehead atoms. The molecule has 2 nitrogen and oxygen atoms in total. The lowest BCUT2D eigenvalue weighted by Crippen LogP contribution is -2.23. The zero-order chi connectivity index (χ0) is 12.3. The van der Waals surface area contributed by atoms with Crippen LogP contribution in [-0.4, -0.2) is 18.8 Å². The molecule has 1 atom stereocenters. The Labute approximate surface area is 104 Å².